The minimum atomic E-state index is 0.908. The van der Waals surface area contributed by atoms with E-state index in [9.17, 15) is 0 Å². The third-order valence-corrected chi connectivity index (χ3v) is 4.81. The predicted octanol–water partition coefficient (Wildman–Crippen LogP) is 2.42. The third kappa shape index (κ3) is 4.55. The number of anilines is 1. The van der Waals surface area contributed by atoms with E-state index in [2.05, 4.69) is 76.0 Å². The lowest BCUT2D eigenvalue weighted by molar-refractivity contribution is 0.241. The molecule has 134 valence electrons. The van der Waals surface area contributed by atoms with E-state index in [-0.39, 0.29) is 0 Å². The summed E-state index contributed by atoms with van der Waals surface area (Å²) in [4.78, 5) is 16.3. The van der Waals surface area contributed by atoms with Gasteiger partial charge in [-0.3, -0.25) is 4.90 Å². The second kappa shape index (κ2) is 8.41. The molecule has 2 aromatic rings. The maximum absolute atomic E-state index is 4.63. The van der Waals surface area contributed by atoms with Crippen molar-refractivity contribution in [2.45, 2.75) is 26.4 Å². The molecule has 1 aliphatic heterocycles. The highest BCUT2D eigenvalue weighted by molar-refractivity contribution is 5.49. The molecule has 0 fully saturated rings. The number of likely N-dealkylation sites (N-methyl/N-ethyl adjacent to an activating group) is 2. The minimum Gasteiger partial charge on any atom is -0.355 e. The molecule has 0 spiro atoms. The fourth-order valence-electron chi connectivity index (χ4n) is 3.37. The van der Waals surface area contributed by atoms with E-state index in [0.29, 0.717) is 0 Å². The average molecular weight is 339 g/mol. The summed E-state index contributed by atoms with van der Waals surface area (Å²) in [6.07, 6.45) is 2.76. The van der Waals surface area contributed by atoms with Gasteiger partial charge in [-0.1, -0.05) is 30.3 Å². The molecule has 5 heteroatoms. The molecule has 0 atom stereocenters. The van der Waals surface area contributed by atoms with Crippen LogP contribution >= 0.6 is 0 Å². The van der Waals surface area contributed by atoms with Crippen molar-refractivity contribution < 1.29 is 0 Å². The standard InChI is InChI=1S/C20H29N5/c1-4-25(13-12-23(2)3)20-18-10-11-24(15-19(18)21-16-22-20)14-17-8-6-5-7-9-17/h5-9,16H,4,10-15H2,1-3H3. The highest BCUT2D eigenvalue weighted by Gasteiger charge is 2.23. The fourth-order valence-corrected chi connectivity index (χ4v) is 3.37. The van der Waals surface area contributed by atoms with Crippen LogP contribution in [-0.4, -0.2) is 60.0 Å². The van der Waals surface area contributed by atoms with Crippen molar-refractivity contribution in [2.75, 3.05) is 45.2 Å². The van der Waals surface area contributed by atoms with Gasteiger partial charge >= 0.3 is 0 Å². The topological polar surface area (TPSA) is 35.5 Å². The van der Waals surface area contributed by atoms with Crippen molar-refractivity contribution in [1.29, 1.82) is 0 Å². The molecule has 1 aliphatic rings. The summed E-state index contributed by atoms with van der Waals surface area (Å²) in [6.45, 7) is 8.17. The van der Waals surface area contributed by atoms with Crippen LogP contribution in [0.2, 0.25) is 0 Å². The van der Waals surface area contributed by atoms with Gasteiger partial charge in [0.2, 0.25) is 0 Å². The van der Waals surface area contributed by atoms with Crippen molar-refractivity contribution in [3.63, 3.8) is 0 Å². The van der Waals surface area contributed by atoms with Gasteiger partial charge in [0.15, 0.2) is 0 Å². The molecular weight excluding hydrogens is 310 g/mol. The Labute approximate surface area is 151 Å². The van der Waals surface area contributed by atoms with Gasteiger partial charge in [-0.15, -0.1) is 0 Å². The van der Waals surface area contributed by atoms with Gasteiger partial charge < -0.3 is 9.80 Å². The quantitative estimate of drug-likeness (QED) is 0.774. The van der Waals surface area contributed by atoms with Gasteiger partial charge in [0.05, 0.1) is 5.69 Å². The average Bonchev–Trinajstić information content (AvgIpc) is 2.63. The van der Waals surface area contributed by atoms with Gasteiger partial charge in [-0.25, -0.2) is 9.97 Å². The summed E-state index contributed by atoms with van der Waals surface area (Å²) in [7, 11) is 4.23. The van der Waals surface area contributed by atoms with Crippen LogP contribution in [0.3, 0.4) is 0 Å². The van der Waals surface area contributed by atoms with Crippen molar-refractivity contribution >= 4 is 5.82 Å². The number of hydrogen-bond donors (Lipinski definition) is 0. The smallest absolute Gasteiger partial charge is 0.135 e. The Hall–Kier alpha value is -1.98. The predicted molar refractivity (Wildman–Crippen MR) is 103 cm³/mol. The monoisotopic (exact) mass is 339 g/mol. The molecule has 1 aromatic heterocycles. The summed E-state index contributed by atoms with van der Waals surface area (Å²) < 4.78 is 0. The Bertz CT molecular complexity index is 671. The molecule has 0 aliphatic carbocycles. The van der Waals surface area contributed by atoms with E-state index < -0.39 is 0 Å². The Kier molecular flexibility index (Phi) is 6.00. The van der Waals surface area contributed by atoms with Crippen LogP contribution in [0, 0.1) is 0 Å². The van der Waals surface area contributed by atoms with Gasteiger partial charge in [0.25, 0.3) is 0 Å². The van der Waals surface area contributed by atoms with Gasteiger partial charge in [-0.2, -0.15) is 0 Å². The number of fused-ring (bicyclic) bond motifs is 1. The molecular formula is C20H29N5. The lowest BCUT2D eigenvalue weighted by atomic mass is 10.0. The van der Waals surface area contributed by atoms with Crippen LogP contribution in [0.25, 0.3) is 0 Å². The normalized spacial score (nSPS) is 14.6. The first-order valence-corrected chi connectivity index (χ1v) is 9.16. The highest BCUT2D eigenvalue weighted by atomic mass is 15.2. The molecule has 0 unspecified atom stereocenters. The van der Waals surface area contributed by atoms with Crippen LogP contribution in [0.15, 0.2) is 36.7 Å². The maximum atomic E-state index is 4.63. The van der Waals surface area contributed by atoms with E-state index in [1.807, 2.05) is 0 Å². The van der Waals surface area contributed by atoms with Crippen LogP contribution in [0.5, 0.6) is 0 Å². The molecule has 25 heavy (non-hydrogen) atoms. The van der Waals surface area contributed by atoms with Crippen molar-refractivity contribution in [3.8, 4) is 0 Å². The Morgan fingerprint density at radius 2 is 1.88 bits per heavy atom. The first kappa shape index (κ1) is 17.8. The van der Waals surface area contributed by atoms with E-state index in [1.165, 1.54) is 16.8 Å². The number of aromatic nitrogens is 2. The van der Waals surface area contributed by atoms with Crippen molar-refractivity contribution in [3.05, 3.63) is 53.5 Å². The third-order valence-electron chi connectivity index (χ3n) is 4.81. The second-order valence-electron chi connectivity index (χ2n) is 6.95. The Morgan fingerprint density at radius 3 is 2.60 bits per heavy atom. The molecule has 0 bridgehead atoms. The van der Waals surface area contributed by atoms with Crippen LogP contribution in [0.4, 0.5) is 5.82 Å². The van der Waals surface area contributed by atoms with Crippen molar-refractivity contribution in [1.82, 2.24) is 19.8 Å². The van der Waals surface area contributed by atoms with Crippen LogP contribution in [-0.2, 0) is 19.5 Å². The Morgan fingerprint density at radius 1 is 1.08 bits per heavy atom. The largest absolute Gasteiger partial charge is 0.355 e. The number of benzene rings is 1. The zero-order chi connectivity index (χ0) is 17.6. The van der Waals surface area contributed by atoms with Gasteiger partial charge in [-0.05, 0) is 33.0 Å². The SMILES string of the molecule is CCN(CCN(C)C)c1ncnc2c1CCN(Cc1ccccc1)C2. The summed E-state index contributed by atoms with van der Waals surface area (Å²) in [6, 6.07) is 10.7. The lowest BCUT2D eigenvalue weighted by Crippen LogP contribution is -2.36. The second-order valence-corrected chi connectivity index (χ2v) is 6.95. The first-order valence-electron chi connectivity index (χ1n) is 9.16. The van der Waals surface area contributed by atoms with Gasteiger partial charge in [0, 0.05) is 44.8 Å². The molecule has 2 heterocycles. The summed E-state index contributed by atoms with van der Waals surface area (Å²) in [5, 5.41) is 0. The molecule has 0 saturated heterocycles. The van der Waals surface area contributed by atoms with E-state index in [4.69, 9.17) is 0 Å². The molecule has 1 aromatic carbocycles. The van der Waals surface area contributed by atoms with E-state index in [0.717, 1.165) is 51.5 Å². The molecule has 0 amide bonds. The molecule has 3 rings (SSSR count). The van der Waals surface area contributed by atoms with E-state index in [1.54, 1.807) is 6.33 Å². The fraction of sp³-hybridized carbons (Fsp3) is 0.500. The van der Waals surface area contributed by atoms with E-state index >= 15 is 0 Å². The molecule has 0 radical (unpaired) electrons. The number of hydrogen-bond acceptors (Lipinski definition) is 5. The van der Waals surface area contributed by atoms with Gasteiger partial charge in [0.1, 0.15) is 12.1 Å². The molecule has 5 nitrogen and oxygen atoms in total. The number of rotatable bonds is 7. The van der Waals surface area contributed by atoms with Crippen molar-refractivity contribution in [2.24, 2.45) is 0 Å². The molecule has 0 N–H and O–H groups in total. The van der Waals surface area contributed by atoms with Crippen LogP contribution < -0.4 is 4.90 Å². The molecule has 0 saturated carbocycles. The number of nitrogens with zero attached hydrogens (tertiary/aromatic N) is 5. The maximum Gasteiger partial charge on any atom is 0.135 e. The summed E-state index contributed by atoms with van der Waals surface area (Å²) in [5.41, 5.74) is 3.89. The highest BCUT2D eigenvalue weighted by Crippen LogP contribution is 2.26. The zero-order valence-electron chi connectivity index (χ0n) is 15.6. The summed E-state index contributed by atoms with van der Waals surface area (Å²) >= 11 is 0. The lowest BCUT2D eigenvalue weighted by Gasteiger charge is -2.32. The zero-order valence-corrected chi connectivity index (χ0v) is 15.6. The minimum absolute atomic E-state index is 0.908. The first-order chi connectivity index (χ1) is 12.2. The summed E-state index contributed by atoms with van der Waals surface area (Å²) in [5.74, 6) is 1.13. The Balaban J connectivity index is 1.73. The van der Waals surface area contributed by atoms with Crippen LogP contribution in [0.1, 0.15) is 23.7 Å².